The monoisotopic (exact) mass is 779 g/mol. The van der Waals surface area contributed by atoms with Gasteiger partial charge in [-0.2, -0.15) is 0 Å². The molecule has 55 heavy (non-hydrogen) atoms. The summed E-state index contributed by atoms with van der Waals surface area (Å²) in [5.74, 6) is -5.97. The second kappa shape index (κ2) is 20.2. The van der Waals surface area contributed by atoms with E-state index in [1.807, 2.05) is 0 Å². The maximum atomic E-state index is 13.8. The van der Waals surface area contributed by atoms with Crippen LogP contribution >= 0.6 is 0 Å². The number of nitrogens with zero attached hydrogens (tertiary/aromatic N) is 2. The SMILES string of the molecule is COC(=O)CNC(=O)C1NC(=O)[C@H](C(C)C)NC(=O)[C@H](C(C)C)NC(=O)C(NC(=O)[C@@H]2CCCN2C(=O)[C@@H]2CCCN2C(=O)OC(C)(C)C)OC/C=C/CO1. The first kappa shape index (κ1) is 44.6. The summed E-state index contributed by atoms with van der Waals surface area (Å²) in [4.78, 5) is 109. The maximum absolute atomic E-state index is 13.8. The van der Waals surface area contributed by atoms with Crippen molar-refractivity contribution in [3.63, 3.8) is 0 Å². The van der Waals surface area contributed by atoms with Crippen molar-refractivity contribution in [1.29, 1.82) is 0 Å². The molecule has 5 N–H and O–H groups in total. The molecule has 2 unspecified atom stereocenters. The van der Waals surface area contributed by atoms with E-state index in [1.54, 1.807) is 48.5 Å². The number of nitrogens with one attached hydrogen (secondary N) is 5. The highest BCUT2D eigenvalue weighted by atomic mass is 16.6. The molecular formula is C36H57N7O12. The highest BCUT2D eigenvalue weighted by molar-refractivity contribution is 5.97. The Hall–Kier alpha value is -4.78. The second-order valence-corrected chi connectivity index (χ2v) is 15.2. The summed E-state index contributed by atoms with van der Waals surface area (Å²) in [5.41, 5.74) is -0.762. The summed E-state index contributed by atoms with van der Waals surface area (Å²) in [6.07, 6.45) is 0.891. The molecule has 0 aromatic heterocycles. The Kier molecular flexibility index (Phi) is 16.4. The van der Waals surface area contributed by atoms with Crippen molar-refractivity contribution in [2.45, 2.75) is 116 Å². The van der Waals surface area contributed by atoms with Gasteiger partial charge in [-0.1, -0.05) is 39.8 Å². The minimum atomic E-state index is -1.62. The first-order valence-electron chi connectivity index (χ1n) is 18.6. The molecular weight excluding hydrogens is 722 g/mol. The maximum Gasteiger partial charge on any atom is 0.410 e. The van der Waals surface area contributed by atoms with Crippen molar-refractivity contribution in [1.82, 2.24) is 36.4 Å². The summed E-state index contributed by atoms with van der Waals surface area (Å²) >= 11 is 0. The zero-order chi connectivity index (χ0) is 41.0. The van der Waals surface area contributed by atoms with Gasteiger partial charge < -0.3 is 50.4 Å². The highest BCUT2D eigenvalue weighted by Gasteiger charge is 2.44. The van der Waals surface area contributed by atoms with Gasteiger partial charge in [0.1, 0.15) is 36.3 Å². The van der Waals surface area contributed by atoms with E-state index in [0.717, 1.165) is 7.11 Å². The van der Waals surface area contributed by atoms with E-state index < -0.39 is 108 Å². The van der Waals surface area contributed by atoms with Crippen LogP contribution in [0, 0.1) is 11.8 Å². The number of carbonyl (C=O) groups is 8. The number of likely N-dealkylation sites (tertiary alicyclic amines) is 2. The van der Waals surface area contributed by atoms with Gasteiger partial charge >= 0.3 is 12.1 Å². The van der Waals surface area contributed by atoms with Crippen LogP contribution in [-0.4, -0.2) is 139 Å². The third-order valence-electron chi connectivity index (χ3n) is 9.04. The Morgan fingerprint density at radius 3 is 1.93 bits per heavy atom. The minimum absolute atomic E-state index is 0.238. The average Bonchev–Trinajstić information content (AvgIpc) is 3.81. The van der Waals surface area contributed by atoms with Crippen molar-refractivity contribution in [2.75, 3.05) is 40.0 Å². The van der Waals surface area contributed by atoms with Gasteiger partial charge in [-0.05, 0) is 58.3 Å². The van der Waals surface area contributed by atoms with Crippen LogP contribution in [-0.2, 0) is 52.5 Å². The largest absolute Gasteiger partial charge is 0.468 e. The normalized spacial score (nSPS) is 26.5. The number of esters is 1. The smallest absolute Gasteiger partial charge is 0.410 e. The lowest BCUT2D eigenvalue weighted by Crippen LogP contribution is -2.61. The molecule has 0 radical (unpaired) electrons. The molecule has 7 amide bonds. The minimum Gasteiger partial charge on any atom is -0.468 e. The molecule has 3 aliphatic heterocycles. The van der Waals surface area contributed by atoms with Crippen molar-refractivity contribution in [2.24, 2.45) is 11.8 Å². The molecule has 0 spiro atoms. The molecule has 19 nitrogen and oxygen atoms in total. The number of carbonyl (C=O) groups excluding carboxylic acids is 8. The highest BCUT2D eigenvalue weighted by Crippen LogP contribution is 2.26. The number of hydrogen-bond donors (Lipinski definition) is 5. The lowest BCUT2D eigenvalue weighted by Gasteiger charge is -2.32. The van der Waals surface area contributed by atoms with Gasteiger partial charge in [0.15, 0.2) is 0 Å². The predicted octanol–water partition coefficient (Wildman–Crippen LogP) is -0.565. The van der Waals surface area contributed by atoms with Crippen LogP contribution in [0.2, 0.25) is 0 Å². The van der Waals surface area contributed by atoms with Gasteiger partial charge in [0.05, 0.1) is 20.3 Å². The molecule has 2 saturated heterocycles. The van der Waals surface area contributed by atoms with Crippen LogP contribution < -0.4 is 26.6 Å². The van der Waals surface area contributed by atoms with Gasteiger partial charge in [0.2, 0.25) is 36.1 Å². The molecule has 308 valence electrons. The Morgan fingerprint density at radius 1 is 0.800 bits per heavy atom. The molecule has 2 fully saturated rings. The average molecular weight is 780 g/mol. The molecule has 0 aromatic carbocycles. The van der Waals surface area contributed by atoms with E-state index in [4.69, 9.17) is 14.2 Å². The van der Waals surface area contributed by atoms with E-state index in [-0.39, 0.29) is 19.8 Å². The summed E-state index contributed by atoms with van der Waals surface area (Å²) in [6, 6.07) is -4.16. The van der Waals surface area contributed by atoms with Crippen molar-refractivity contribution in [3.05, 3.63) is 12.2 Å². The fraction of sp³-hybridized carbons (Fsp3) is 0.722. The van der Waals surface area contributed by atoms with E-state index in [9.17, 15) is 38.4 Å². The predicted molar refractivity (Wildman–Crippen MR) is 194 cm³/mol. The Bertz CT molecular complexity index is 1460. The molecule has 3 rings (SSSR count). The molecule has 3 heterocycles. The van der Waals surface area contributed by atoms with Gasteiger partial charge in [-0.15, -0.1) is 0 Å². The van der Waals surface area contributed by atoms with Crippen LogP contribution in [0.25, 0.3) is 0 Å². The van der Waals surface area contributed by atoms with Crippen LogP contribution in [0.15, 0.2) is 12.2 Å². The van der Waals surface area contributed by atoms with Crippen LogP contribution in [0.3, 0.4) is 0 Å². The Labute approximate surface area is 321 Å². The van der Waals surface area contributed by atoms with Crippen molar-refractivity contribution >= 4 is 47.5 Å². The molecule has 0 bridgehead atoms. The molecule has 0 saturated carbocycles. The lowest BCUT2D eigenvalue weighted by molar-refractivity contribution is -0.147. The summed E-state index contributed by atoms with van der Waals surface area (Å²) < 4.78 is 21.4. The van der Waals surface area contributed by atoms with Gasteiger partial charge in [0.25, 0.3) is 11.8 Å². The fourth-order valence-corrected chi connectivity index (χ4v) is 6.17. The van der Waals surface area contributed by atoms with Crippen molar-refractivity contribution in [3.8, 4) is 0 Å². The number of rotatable bonds is 8. The number of ether oxygens (including phenoxy) is 4. The fourth-order valence-electron chi connectivity index (χ4n) is 6.17. The number of amides is 7. The zero-order valence-electron chi connectivity index (χ0n) is 32.9. The van der Waals surface area contributed by atoms with Gasteiger partial charge in [-0.25, -0.2) is 4.79 Å². The molecule has 0 aliphatic carbocycles. The first-order chi connectivity index (χ1) is 25.8. The molecule has 3 aliphatic rings. The van der Waals surface area contributed by atoms with Crippen molar-refractivity contribution < 1.29 is 57.3 Å². The lowest BCUT2D eigenvalue weighted by atomic mass is 9.99. The number of methoxy groups -OCH3 is 1. The quantitative estimate of drug-likeness (QED) is 0.154. The second-order valence-electron chi connectivity index (χ2n) is 15.2. The molecule has 6 atom stereocenters. The van der Waals surface area contributed by atoms with Crippen LogP contribution in [0.1, 0.15) is 74.1 Å². The number of hydrogen-bond acceptors (Lipinski definition) is 12. The molecule has 19 heteroatoms. The van der Waals surface area contributed by atoms with Gasteiger partial charge in [0, 0.05) is 13.1 Å². The third-order valence-corrected chi connectivity index (χ3v) is 9.04. The first-order valence-corrected chi connectivity index (χ1v) is 18.6. The summed E-state index contributed by atoms with van der Waals surface area (Å²) in [7, 11) is 1.15. The van der Waals surface area contributed by atoms with E-state index in [2.05, 4.69) is 31.3 Å². The Balaban J connectivity index is 1.83. The van der Waals surface area contributed by atoms with Crippen LogP contribution in [0.5, 0.6) is 0 Å². The van der Waals surface area contributed by atoms with Crippen LogP contribution in [0.4, 0.5) is 4.79 Å². The van der Waals surface area contributed by atoms with E-state index >= 15 is 0 Å². The van der Waals surface area contributed by atoms with E-state index in [0.29, 0.717) is 32.2 Å². The summed E-state index contributed by atoms with van der Waals surface area (Å²) in [6.45, 7) is 11.5. The Morgan fingerprint density at radius 2 is 1.35 bits per heavy atom. The molecule has 0 aromatic rings. The summed E-state index contributed by atoms with van der Waals surface area (Å²) in [5, 5.41) is 12.6. The topological polar surface area (TPSA) is 240 Å². The zero-order valence-corrected chi connectivity index (χ0v) is 32.9. The van der Waals surface area contributed by atoms with E-state index in [1.165, 1.54) is 22.0 Å². The van der Waals surface area contributed by atoms with Gasteiger partial charge in [-0.3, -0.25) is 38.5 Å². The third kappa shape index (κ3) is 12.9. The standard InChI is InChI=1S/C36H57N7O12/c1-20(2)25-28(46)38-26(21(3)4)29(47)41-32(30(48)37-19-24(44)52-8)53-17-9-10-18-54-33(31(49)39-25)40-27(45)22-13-11-15-42(22)34(50)23-14-12-16-43(23)35(51)55-36(5,6)7/h9-10,20-23,25-26,32-33H,11-19H2,1-8H3,(H,37,48)(H,38,46)(H,39,49)(H,40,45)(H,41,47)/b10-9+/t22-,23-,25-,26-,32?,33?/m0/s1.